The summed E-state index contributed by atoms with van der Waals surface area (Å²) in [6.07, 6.45) is 3.34. The molecule has 0 saturated carbocycles. The van der Waals surface area contributed by atoms with Gasteiger partial charge in [-0.2, -0.15) is 13.8 Å². The van der Waals surface area contributed by atoms with Crippen LogP contribution in [0.2, 0.25) is 25.1 Å². The summed E-state index contributed by atoms with van der Waals surface area (Å²) in [5.74, 6) is 0. The molecule has 24 heavy (non-hydrogen) atoms. The molecule has 0 aliphatic rings. The van der Waals surface area contributed by atoms with Crippen LogP contribution < -0.4 is 10.3 Å². The smallest absolute Gasteiger partial charge is 0.196 e. The van der Waals surface area contributed by atoms with Crippen LogP contribution in [0.5, 0.6) is 0 Å². The van der Waals surface area contributed by atoms with Gasteiger partial charge in [-0.15, -0.1) is 0 Å². The predicted molar refractivity (Wildman–Crippen MR) is 98.9 cm³/mol. The fraction of sp³-hybridized carbons (Fsp3) is 0. The van der Waals surface area contributed by atoms with Crippen LogP contribution in [0.4, 0.5) is 0 Å². The molecule has 4 aromatic rings. The van der Waals surface area contributed by atoms with Crippen molar-refractivity contribution in [2.24, 2.45) is 0 Å². The van der Waals surface area contributed by atoms with Crippen LogP contribution in [0.3, 0.4) is 0 Å². The van der Waals surface area contributed by atoms with Crippen molar-refractivity contribution in [2.75, 3.05) is 0 Å². The first-order valence-corrected chi connectivity index (χ1v) is 8.60. The Morgan fingerprint density at radius 2 is 1.38 bits per heavy atom. The molecule has 120 valence electrons. The number of halogens is 5. The summed E-state index contributed by atoms with van der Waals surface area (Å²) >= 11 is 30.8. The Bertz CT molecular complexity index is 1160. The number of aromatic nitrogens is 2. The van der Waals surface area contributed by atoms with E-state index in [2.05, 4.69) is 0 Å². The lowest BCUT2D eigenvalue weighted by atomic mass is 10.2. The number of para-hydroxylation sites is 1. The lowest BCUT2D eigenvalue weighted by Crippen LogP contribution is -2.50. The number of nitrogens with zero attached hydrogens (tertiary/aromatic N) is 2. The largest absolute Gasteiger partial charge is 0.508 e. The Balaban J connectivity index is 2.20. The van der Waals surface area contributed by atoms with Crippen LogP contribution >= 0.6 is 58.0 Å². The van der Waals surface area contributed by atoms with Crippen molar-refractivity contribution in [3.05, 3.63) is 72.3 Å². The van der Waals surface area contributed by atoms with Crippen molar-refractivity contribution in [3.63, 3.8) is 0 Å². The van der Waals surface area contributed by atoms with E-state index in [9.17, 15) is 4.79 Å². The summed E-state index contributed by atoms with van der Waals surface area (Å²) in [5.41, 5.74) is 0.665. The highest BCUT2D eigenvalue weighted by molar-refractivity contribution is 6.55. The van der Waals surface area contributed by atoms with Crippen LogP contribution in [0, 0.1) is 0 Å². The SMILES string of the molecule is O=c1n2ccc3cccc(c[n+]1-c1c(Cl)c(Cl)c(Cl)c(Cl)c1Cl)c32. The highest BCUT2D eigenvalue weighted by atomic mass is 35.5. The van der Waals surface area contributed by atoms with Gasteiger partial charge in [0.25, 0.3) is 0 Å². The maximum Gasteiger partial charge on any atom is 0.508 e. The Labute approximate surface area is 160 Å². The fourth-order valence-electron chi connectivity index (χ4n) is 2.76. The van der Waals surface area contributed by atoms with Crippen molar-refractivity contribution >= 4 is 74.3 Å². The number of hydrogen-bond acceptors (Lipinski definition) is 1. The van der Waals surface area contributed by atoms with E-state index >= 15 is 0 Å². The standard InChI is InChI=1S/C16H6Cl5N2O/c17-9-10(18)12(20)15(13(21)11(9)19)23-6-8-3-1-2-7-4-5-22(14(7)8)16(23)24/h1-6H/q+1. The molecular weight excluding hydrogens is 413 g/mol. The Morgan fingerprint density at radius 1 is 0.792 bits per heavy atom. The molecule has 2 aromatic heterocycles. The van der Waals surface area contributed by atoms with E-state index in [0.717, 1.165) is 16.3 Å². The minimum Gasteiger partial charge on any atom is -0.196 e. The predicted octanol–water partition coefficient (Wildman–Crippen LogP) is 5.43. The van der Waals surface area contributed by atoms with Gasteiger partial charge in [-0.25, -0.2) is 0 Å². The normalized spacial score (nSPS) is 11.7. The van der Waals surface area contributed by atoms with Crippen LogP contribution in [0.15, 0.2) is 41.5 Å². The van der Waals surface area contributed by atoms with E-state index < -0.39 is 0 Å². The summed E-state index contributed by atoms with van der Waals surface area (Å²) in [4.78, 5) is 12.9. The van der Waals surface area contributed by atoms with E-state index in [4.69, 9.17) is 58.0 Å². The molecule has 2 heterocycles. The Kier molecular flexibility index (Phi) is 3.83. The van der Waals surface area contributed by atoms with Crippen molar-refractivity contribution in [3.8, 4) is 5.69 Å². The van der Waals surface area contributed by atoms with Crippen LogP contribution in [-0.2, 0) is 0 Å². The van der Waals surface area contributed by atoms with Gasteiger partial charge in [-0.1, -0.05) is 70.1 Å². The van der Waals surface area contributed by atoms with E-state index in [1.54, 1.807) is 12.4 Å². The molecule has 0 bridgehead atoms. The molecule has 0 N–H and O–H groups in total. The van der Waals surface area contributed by atoms with Gasteiger partial charge in [0.05, 0.1) is 20.5 Å². The number of rotatable bonds is 1. The number of hydrogen-bond donors (Lipinski definition) is 0. The highest BCUT2D eigenvalue weighted by Crippen LogP contribution is 2.43. The third-order valence-electron chi connectivity index (χ3n) is 3.85. The van der Waals surface area contributed by atoms with Crippen molar-refractivity contribution in [2.45, 2.75) is 0 Å². The molecule has 0 amide bonds. The van der Waals surface area contributed by atoms with Crippen LogP contribution in [0.1, 0.15) is 0 Å². The maximum absolute atomic E-state index is 12.9. The third-order valence-corrected chi connectivity index (χ3v) is 6.11. The zero-order chi connectivity index (χ0) is 17.2. The summed E-state index contributed by atoms with van der Waals surface area (Å²) in [6.45, 7) is 0. The van der Waals surface area contributed by atoms with Crippen molar-refractivity contribution < 1.29 is 4.57 Å². The molecule has 0 fully saturated rings. The first kappa shape index (κ1) is 16.2. The molecule has 0 unspecified atom stereocenters. The van der Waals surface area contributed by atoms with E-state index in [1.807, 2.05) is 24.3 Å². The van der Waals surface area contributed by atoms with E-state index in [0.29, 0.717) is 0 Å². The van der Waals surface area contributed by atoms with Crippen LogP contribution in [-0.4, -0.2) is 4.40 Å². The minimum absolute atomic E-state index is 0.0421. The third kappa shape index (κ3) is 2.13. The molecule has 3 nitrogen and oxygen atoms in total. The molecule has 0 atom stereocenters. The van der Waals surface area contributed by atoms with E-state index in [1.165, 1.54) is 8.97 Å². The maximum atomic E-state index is 12.9. The molecule has 0 aliphatic carbocycles. The summed E-state index contributed by atoms with van der Waals surface area (Å²) in [7, 11) is 0. The topological polar surface area (TPSA) is 25.4 Å². The van der Waals surface area contributed by atoms with Gasteiger partial charge in [0, 0.05) is 5.39 Å². The van der Waals surface area contributed by atoms with Gasteiger partial charge in [0.2, 0.25) is 0 Å². The quantitative estimate of drug-likeness (QED) is 0.229. The highest BCUT2D eigenvalue weighted by Gasteiger charge is 2.27. The second-order valence-corrected chi connectivity index (χ2v) is 7.06. The zero-order valence-corrected chi connectivity index (χ0v) is 15.4. The second kappa shape index (κ2) is 5.65. The molecular formula is C16H6Cl5N2O+. The first-order valence-electron chi connectivity index (χ1n) is 6.71. The number of benzene rings is 2. The zero-order valence-electron chi connectivity index (χ0n) is 11.7. The Morgan fingerprint density at radius 3 is 2.04 bits per heavy atom. The van der Waals surface area contributed by atoms with Crippen molar-refractivity contribution in [1.82, 2.24) is 4.40 Å². The summed E-state index contributed by atoms with van der Waals surface area (Å²) in [5, 5.41) is 2.05. The Hall–Kier alpha value is -1.23. The lowest BCUT2D eigenvalue weighted by molar-refractivity contribution is -0.614. The van der Waals surface area contributed by atoms with Gasteiger partial charge in [-0.05, 0) is 12.1 Å². The fourth-order valence-corrected chi connectivity index (χ4v) is 4.07. The molecule has 4 rings (SSSR count). The van der Waals surface area contributed by atoms with Crippen molar-refractivity contribution in [1.29, 1.82) is 0 Å². The molecule has 2 aromatic carbocycles. The molecule has 0 radical (unpaired) electrons. The first-order chi connectivity index (χ1) is 11.4. The van der Waals surface area contributed by atoms with E-state index in [-0.39, 0.29) is 36.5 Å². The van der Waals surface area contributed by atoms with Gasteiger partial charge in [0.1, 0.15) is 22.4 Å². The van der Waals surface area contributed by atoms with Gasteiger partial charge in [0.15, 0.2) is 11.2 Å². The second-order valence-electron chi connectivity index (χ2n) is 5.17. The lowest BCUT2D eigenvalue weighted by Gasteiger charge is -2.10. The molecule has 0 spiro atoms. The monoisotopic (exact) mass is 417 g/mol. The van der Waals surface area contributed by atoms with Gasteiger partial charge < -0.3 is 0 Å². The molecule has 0 saturated heterocycles. The average Bonchev–Trinajstić information content (AvgIpc) is 3.01. The van der Waals surface area contributed by atoms with Gasteiger partial charge in [-0.3, -0.25) is 0 Å². The molecule has 0 aliphatic heterocycles. The van der Waals surface area contributed by atoms with Gasteiger partial charge >= 0.3 is 5.69 Å². The summed E-state index contributed by atoms with van der Waals surface area (Å²) in [6, 6.07) is 7.58. The summed E-state index contributed by atoms with van der Waals surface area (Å²) < 4.78 is 2.84. The average molecular weight is 420 g/mol. The minimum atomic E-state index is -0.345. The molecule has 8 heteroatoms. The van der Waals surface area contributed by atoms with Crippen LogP contribution in [0.25, 0.3) is 22.0 Å².